The summed E-state index contributed by atoms with van der Waals surface area (Å²) in [7, 11) is 0. The van der Waals surface area contributed by atoms with Gasteiger partial charge in [0, 0.05) is 5.69 Å². The highest BCUT2D eigenvalue weighted by Gasteiger charge is 2.10. The van der Waals surface area contributed by atoms with Crippen LogP contribution in [0.4, 0.5) is 0 Å². The molecule has 0 radical (unpaired) electrons. The fraction of sp³-hybridized carbons (Fsp3) is 0.150. The molecule has 0 bridgehead atoms. The Hall–Kier alpha value is -3.19. The summed E-state index contributed by atoms with van der Waals surface area (Å²) in [5.41, 5.74) is 2.80. The van der Waals surface area contributed by atoms with Crippen molar-refractivity contribution < 1.29 is 0 Å². The minimum Gasteiger partial charge on any atom is -0.266 e. The van der Waals surface area contributed by atoms with Gasteiger partial charge in [0.05, 0.1) is 5.71 Å². The van der Waals surface area contributed by atoms with Crippen molar-refractivity contribution in [1.82, 2.24) is 4.68 Å². The lowest BCUT2D eigenvalue weighted by atomic mass is 10.0. The molecule has 0 amide bonds. The Balaban J connectivity index is 2.14. The van der Waals surface area contributed by atoms with E-state index in [0.717, 1.165) is 22.0 Å². The molecule has 118 valence electrons. The van der Waals surface area contributed by atoms with Gasteiger partial charge in [-0.2, -0.15) is 10.4 Å². The number of hydrogen-bond donors (Lipinski definition) is 0. The highest BCUT2D eigenvalue weighted by Crippen LogP contribution is 2.16. The quantitative estimate of drug-likeness (QED) is 0.676. The van der Waals surface area contributed by atoms with Crippen LogP contribution in [0.25, 0.3) is 10.8 Å². The van der Waals surface area contributed by atoms with E-state index in [1.807, 2.05) is 56.3 Å². The fourth-order valence-electron chi connectivity index (χ4n) is 2.76. The minimum atomic E-state index is -0.380. The molecule has 4 nitrogen and oxygen atoms in total. The Morgan fingerprint density at radius 3 is 2.50 bits per heavy atom. The lowest BCUT2D eigenvalue weighted by Gasteiger charge is -2.09. The topological polar surface area (TPSA) is 58.1 Å². The van der Waals surface area contributed by atoms with Crippen molar-refractivity contribution in [1.29, 1.82) is 5.26 Å². The van der Waals surface area contributed by atoms with Crippen LogP contribution in [0.3, 0.4) is 0 Å². The maximum absolute atomic E-state index is 12.5. The second kappa shape index (κ2) is 6.13. The first-order valence-electron chi connectivity index (χ1n) is 7.69. The van der Waals surface area contributed by atoms with Gasteiger partial charge in [-0.05, 0) is 54.8 Å². The summed E-state index contributed by atoms with van der Waals surface area (Å²) >= 11 is 0. The van der Waals surface area contributed by atoms with Crippen molar-refractivity contribution in [2.45, 2.75) is 20.8 Å². The third kappa shape index (κ3) is 2.72. The Morgan fingerprint density at radius 1 is 1.08 bits per heavy atom. The van der Waals surface area contributed by atoms with E-state index >= 15 is 0 Å². The van der Waals surface area contributed by atoms with E-state index in [1.54, 1.807) is 13.0 Å². The number of fused-ring (bicyclic) bond motifs is 1. The summed E-state index contributed by atoms with van der Waals surface area (Å²) in [5, 5.41) is 15.9. The molecule has 3 aromatic rings. The maximum Gasteiger partial charge on any atom is 0.289 e. The van der Waals surface area contributed by atoms with Crippen LogP contribution in [0.5, 0.6) is 0 Å². The van der Waals surface area contributed by atoms with Crippen molar-refractivity contribution in [3.05, 3.63) is 81.3 Å². The minimum absolute atomic E-state index is 0.135. The third-order valence-electron chi connectivity index (χ3n) is 4.09. The van der Waals surface area contributed by atoms with E-state index in [-0.39, 0.29) is 11.1 Å². The summed E-state index contributed by atoms with van der Waals surface area (Å²) in [5.74, 6) is 0. The van der Waals surface area contributed by atoms with Gasteiger partial charge in [-0.3, -0.25) is 4.79 Å². The van der Waals surface area contributed by atoms with E-state index in [1.165, 1.54) is 4.68 Å². The van der Waals surface area contributed by atoms with Crippen LogP contribution in [0, 0.1) is 25.2 Å². The number of pyridine rings is 1. The molecule has 0 aliphatic rings. The first-order valence-corrected chi connectivity index (χ1v) is 7.69. The van der Waals surface area contributed by atoms with Gasteiger partial charge in [0.2, 0.25) is 0 Å². The standard InChI is InChI=1S/C20H17N3O/c1-13-10-14(2)23(20(24)19(13)12-21)22-15(3)17-9-8-16-6-4-5-7-18(16)11-17/h4-11H,1-3H3/b22-15-. The zero-order chi connectivity index (χ0) is 17.3. The predicted molar refractivity (Wildman–Crippen MR) is 96.4 cm³/mol. The molecule has 0 saturated heterocycles. The van der Waals surface area contributed by atoms with Gasteiger partial charge in [-0.25, -0.2) is 4.68 Å². The number of nitrogens with zero attached hydrogens (tertiary/aromatic N) is 3. The Morgan fingerprint density at radius 2 is 1.79 bits per heavy atom. The van der Waals surface area contributed by atoms with E-state index in [9.17, 15) is 10.1 Å². The van der Waals surface area contributed by atoms with E-state index in [2.05, 4.69) is 11.2 Å². The van der Waals surface area contributed by atoms with Crippen molar-refractivity contribution >= 4 is 16.5 Å². The van der Waals surface area contributed by atoms with Crippen LogP contribution in [-0.4, -0.2) is 10.4 Å². The molecule has 2 aromatic carbocycles. The van der Waals surface area contributed by atoms with Crippen LogP contribution in [0.2, 0.25) is 0 Å². The largest absolute Gasteiger partial charge is 0.289 e. The number of rotatable bonds is 2. The number of aryl methyl sites for hydroxylation is 2. The summed E-state index contributed by atoms with van der Waals surface area (Å²) in [6.07, 6.45) is 0. The van der Waals surface area contributed by atoms with Gasteiger partial charge < -0.3 is 0 Å². The normalized spacial score (nSPS) is 11.5. The molecule has 0 atom stereocenters. The second-order valence-electron chi connectivity index (χ2n) is 5.82. The van der Waals surface area contributed by atoms with Gasteiger partial charge in [0.15, 0.2) is 0 Å². The van der Waals surface area contributed by atoms with E-state index in [4.69, 9.17) is 0 Å². The Bertz CT molecular complexity index is 1070. The van der Waals surface area contributed by atoms with Gasteiger partial charge in [0.1, 0.15) is 11.6 Å². The first kappa shape index (κ1) is 15.7. The predicted octanol–water partition coefficient (Wildman–Crippen LogP) is 3.76. The molecule has 3 rings (SSSR count). The van der Waals surface area contributed by atoms with Crippen LogP contribution < -0.4 is 5.56 Å². The number of benzene rings is 2. The molecule has 0 unspecified atom stereocenters. The fourth-order valence-corrected chi connectivity index (χ4v) is 2.76. The first-order chi connectivity index (χ1) is 11.5. The molecule has 1 aromatic heterocycles. The third-order valence-corrected chi connectivity index (χ3v) is 4.09. The van der Waals surface area contributed by atoms with E-state index in [0.29, 0.717) is 11.3 Å². The lowest BCUT2D eigenvalue weighted by molar-refractivity contribution is 0.781. The highest BCUT2D eigenvalue weighted by atomic mass is 16.1. The lowest BCUT2D eigenvalue weighted by Crippen LogP contribution is -2.23. The van der Waals surface area contributed by atoms with Crippen molar-refractivity contribution in [2.24, 2.45) is 5.10 Å². The monoisotopic (exact) mass is 315 g/mol. The number of aromatic nitrogens is 1. The molecular formula is C20H17N3O. The SMILES string of the molecule is C/C(=N/n1c(C)cc(C)c(C#N)c1=O)c1ccc2ccccc2c1. The van der Waals surface area contributed by atoms with Gasteiger partial charge in [0.25, 0.3) is 5.56 Å². The maximum atomic E-state index is 12.5. The molecule has 1 heterocycles. The Kier molecular flexibility index (Phi) is 4.01. The average Bonchev–Trinajstić information content (AvgIpc) is 2.58. The number of nitriles is 1. The highest BCUT2D eigenvalue weighted by molar-refractivity contribution is 6.01. The van der Waals surface area contributed by atoms with Crippen LogP contribution in [0.1, 0.15) is 29.3 Å². The summed E-state index contributed by atoms with van der Waals surface area (Å²) < 4.78 is 1.30. The Labute approximate surface area is 140 Å². The van der Waals surface area contributed by atoms with Gasteiger partial charge >= 0.3 is 0 Å². The molecule has 24 heavy (non-hydrogen) atoms. The van der Waals surface area contributed by atoms with Crippen LogP contribution >= 0.6 is 0 Å². The average molecular weight is 315 g/mol. The van der Waals surface area contributed by atoms with E-state index < -0.39 is 0 Å². The van der Waals surface area contributed by atoms with Crippen molar-refractivity contribution in [3.63, 3.8) is 0 Å². The van der Waals surface area contributed by atoms with Gasteiger partial charge in [-0.1, -0.05) is 36.4 Å². The summed E-state index contributed by atoms with van der Waals surface area (Å²) in [4.78, 5) is 12.5. The number of hydrogen-bond acceptors (Lipinski definition) is 3. The second-order valence-corrected chi connectivity index (χ2v) is 5.82. The smallest absolute Gasteiger partial charge is 0.266 e. The van der Waals surface area contributed by atoms with Crippen LogP contribution in [-0.2, 0) is 0 Å². The zero-order valence-electron chi connectivity index (χ0n) is 13.9. The molecule has 0 N–H and O–H groups in total. The molecular weight excluding hydrogens is 298 g/mol. The van der Waals surface area contributed by atoms with Crippen molar-refractivity contribution in [2.75, 3.05) is 0 Å². The summed E-state index contributed by atoms with van der Waals surface area (Å²) in [6.45, 7) is 5.44. The zero-order valence-corrected chi connectivity index (χ0v) is 13.9. The van der Waals surface area contributed by atoms with Gasteiger partial charge in [-0.15, -0.1) is 0 Å². The molecule has 0 aliphatic heterocycles. The molecule has 0 fully saturated rings. The molecule has 0 aliphatic carbocycles. The van der Waals surface area contributed by atoms with Crippen LogP contribution in [0.15, 0.2) is 58.4 Å². The molecule has 0 saturated carbocycles. The molecule has 4 heteroatoms. The molecule has 0 spiro atoms. The summed E-state index contributed by atoms with van der Waals surface area (Å²) in [6, 6.07) is 17.9. The van der Waals surface area contributed by atoms with Crippen molar-refractivity contribution in [3.8, 4) is 6.07 Å².